The molecule has 0 bridgehead atoms. The smallest absolute Gasteiger partial charge is 0.0773 e. The van der Waals surface area contributed by atoms with Crippen LogP contribution in [0.5, 0.6) is 0 Å². The van der Waals surface area contributed by atoms with Gasteiger partial charge in [-0.15, -0.1) is 0 Å². The van der Waals surface area contributed by atoms with Crippen molar-refractivity contribution in [1.82, 2.24) is 0 Å². The Morgan fingerprint density at radius 3 is 2.60 bits per heavy atom. The summed E-state index contributed by atoms with van der Waals surface area (Å²) >= 11 is 0. The van der Waals surface area contributed by atoms with E-state index < -0.39 is 6.10 Å². The highest BCUT2D eigenvalue weighted by Crippen LogP contribution is 1.97. The van der Waals surface area contributed by atoms with Crippen LogP contribution < -0.4 is 0 Å². The van der Waals surface area contributed by atoms with Gasteiger partial charge in [0, 0.05) is 0 Å². The van der Waals surface area contributed by atoms with E-state index in [1.807, 2.05) is 6.08 Å². The third kappa shape index (κ3) is 5.79. The van der Waals surface area contributed by atoms with Gasteiger partial charge >= 0.3 is 0 Å². The number of allylic oxidation sites excluding steroid dienone is 2. The van der Waals surface area contributed by atoms with Crippen molar-refractivity contribution in [3.05, 3.63) is 12.2 Å². The van der Waals surface area contributed by atoms with Crippen LogP contribution in [0.2, 0.25) is 0 Å². The van der Waals surface area contributed by atoms with E-state index in [-0.39, 0.29) is 6.61 Å². The van der Waals surface area contributed by atoms with Gasteiger partial charge in [-0.05, 0) is 19.3 Å². The zero-order valence-corrected chi connectivity index (χ0v) is 6.45. The largest absolute Gasteiger partial charge is 0.394 e. The fourth-order valence-corrected chi connectivity index (χ4v) is 0.664. The van der Waals surface area contributed by atoms with Gasteiger partial charge in [-0.25, -0.2) is 0 Å². The lowest BCUT2D eigenvalue weighted by Gasteiger charge is -2.02. The van der Waals surface area contributed by atoms with Crippen LogP contribution in [-0.2, 0) is 0 Å². The highest BCUT2D eigenvalue weighted by atomic mass is 16.3. The number of hydrogen-bond donors (Lipinski definition) is 2. The molecule has 2 N–H and O–H groups in total. The first kappa shape index (κ1) is 9.66. The maximum absolute atomic E-state index is 8.87. The zero-order valence-electron chi connectivity index (χ0n) is 6.45. The number of aliphatic hydroxyl groups is 2. The Morgan fingerprint density at radius 2 is 2.10 bits per heavy atom. The van der Waals surface area contributed by atoms with E-state index in [2.05, 4.69) is 13.0 Å². The summed E-state index contributed by atoms with van der Waals surface area (Å²) in [5, 5.41) is 17.3. The van der Waals surface area contributed by atoms with E-state index in [0.717, 1.165) is 12.8 Å². The Balaban J connectivity index is 3.10. The quantitative estimate of drug-likeness (QED) is 0.567. The molecule has 0 aromatic rings. The van der Waals surface area contributed by atoms with Crippen molar-refractivity contribution in [2.45, 2.75) is 32.3 Å². The molecule has 2 heteroatoms. The van der Waals surface area contributed by atoms with Crippen LogP contribution in [0.25, 0.3) is 0 Å². The van der Waals surface area contributed by atoms with Gasteiger partial charge in [0.1, 0.15) is 0 Å². The molecule has 10 heavy (non-hydrogen) atoms. The molecular weight excluding hydrogens is 128 g/mol. The van der Waals surface area contributed by atoms with Crippen molar-refractivity contribution in [3.63, 3.8) is 0 Å². The molecule has 0 rings (SSSR count). The SMILES string of the molecule is CC/C=C/CC[C@@H](O)CO. The van der Waals surface area contributed by atoms with Crippen LogP contribution in [0.1, 0.15) is 26.2 Å². The normalized spacial score (nSPS) is 14.3. The summed E-state index contributed by atoms with van der Waals surface area (Å²) in [6.07, 6.45) is 6.10. The molecule has 0 aliphatic carbocycles. The lowest BCUT2D eigenvalue weighted by molar-refractivity contribution is 0.0891. The molecule has 0 spiro atoms. The Morgan fingerprint density at radius 1 is 1.40 bits per heavy atom. The van der Waals surface area contributed by atoms with E-state index in [0.29, 0.717) is 6.42 Å². The van der Waals surface area contributed by atoms with Gasteiger partial charge in [0.25, 0.3) is 0 Å². The second-order valence-corrected chi connectivity index (χ2v) is 2.29. The lowest BCUT2D eigenvalue weighted by atomic mass is 10.2. The predicted molar refractivity (Wildman–Crippen MR) is 41.8 cm³/mol. The third-order valence-corrected chi connectivity index (χ3v) is 1.28. The maximum Gasteiger partial charge on any atom is 0.0773 e. The summed E-state index contributed by atoms with van der Waals surface area (Å²) in [6.45, 7) is 1.94. The van der Waals surface area contributed by atoms with Gasteiger partial charge < -0.3 is 10.2 Å². The van der Waals surface area contributed by atoms with E-state index >= 15 is 0 Å². The van der Waals surface area contributed by atoms with Crippen LogP contribution in [0.15, 0.2) is 12.2 Å². The molecule has 0 aromatic heterocycles. The number of aliphatic hydroxyl groups excluding tert-OH is 2. The van der Waals surface area contributed by atoms with Crippen LogP contribution in [0.4, 0.5) is 0 Å². The summed E-state index contributed by atoms with van der Waals surface area (Å²) in [7, 11) is 0. The monoisotopic (exact) mass is 144 g/mol. The lowest BCUT2D eigenvalue weighted by Crippen LogP contribution is -2.10. The fourth-order valence-electron chi connectivity index (χ4n) is 0.664. The van der Waals surface area contributed by atoms with Crippen LogP contribution in [0, 0.1) is 0 Å². The van der Waals surface area contributed by atoms with Gasteiger partial charge in [-0.3, -0.25) is 0 Å². The van der Waals surface area contributed by atoms with Gasteiger partial charge in [-0.1, -0.05) is 19.1 Å². The van der Waals surface area contributed by atoms with Crippen molar-refractivity contribution in [1.29, 1.82) is 0 Å². The van der Waals surface area contributed by atoms with Crippen molar-refractivity contribution >= 4 is 0 Å². The van der Waals surface area contributed by atoms with Crippen molar-refractivity contribution in [2.75, 3.05) is 6.61 Å². The van der Waals surface area contributed by atoms with Crippen molar-refractivity contribution < 1.29 is 10.2 Å². The Hall–Kier alpha value is -0.340. The third-order valence-electron chi connectivity index (χ3n) is 1.28. The minimum Gasteiger partial charge on any atom is -0.394 e. The van der Waals surface area contributed by atoms with Crippen molar-refractivity contribution in [3.8, 4) is 0 Å². The summed E-state index contributed by atoms with van der Waals surface area (Å²) in [5.41, 5.74) is 0. The molecule has 0 saturated heterocycles. The summed E-state index contributed by atoms with van der Waals surface area (Å²) in [5.74, 6) is 0. The van der Waals surface area contributed by atoms with Crippen LogP contribution in [-0.4, -0.2) is 22.9 Å². The maximum atomic E-state index is 8.87. The highest BCUT2D eigenvalue weighted by molar-refractivity contribution is 4.80. The fraction of sp³-hybridized carbons (Fsp3) is 0.750. The Labute approximate surface area is 62.2 Å². The van der Waals surface area contributed by atoms with Crippen LogP contribution >= 0.6 is 0 Å². The first-order valence-corrected chi connectivity index (χ1v) is 3.75. The minimum atomic E-state index is -0.540. The van der Waals surface area contributed by atoms with E-state index in [1.165, 1.54) is 0 Å². The Bertz CT molecular complexity index is 89.3. The standard InChI is InChI=1S/C8H16O2/c1-2-3-4-5-6-8(10)7-9/h3-4,8-10H,2,5-7H2,1H3/b4-3+/t8-/m1/s1. The molecule has 2 nitrogen and oxygen atoms in total. The number of hydrogen-bond acceptors (Lipinski definition) is 2. The van der Waals surface area contributed by atoms with Gasteiger partial charge in [0.2, 0.25) is 0 Å². The molecule has 0 heterocycles. The topological polar surface area (TPSA) is 40.5 Å². The molecule has 0 aromatic carbocycles. The summed E-state index contributed by atoms with van der Waals surface area (Å²) < 4.78 is 0. The molecule has 60 valence electrons. The first-order valence-electron chi connectivity index (χ1n) is 3.75. The summed E-state index contributed by atoms with van der Waals surface area (Å²) in [6, 6.07) is 0. The molecule has 1 atom stereocenters. The molecule has 0 radical (unpaired) electrons. The average Bonchev–Trinajstić information content (AvgIpc) is 1.98. The molecule has 0 aliphatic rings. The minimum absolute atomic E-state index is 0.125. The number of rotatable bonds is 5. The first-order chi connectivity index (χ1) is 4.81. The van der Waals surface area contributed by atoms with E-state index in [1.54, 1.807) is 0 Å². The van der Waals surface area contributed by atoms with Gasteiger partial charge in [-0.2, -0.15) is 0 Å². The average molecular weight is 144 g/mol. The molecule has 0 saturated carbocycles. The zero-order chi connectivity index (χ0) is 7.82. The van der Waals surface area contributed by atoms with E-state index in [4.69, 9.17) is 10.2 Å². The molecule has 0 aliphatic heterocycles. The molecule has 0 fully saturated rings. The van der Waals surface area contributed by atoms with Gasteiger partial charge in [0.15, 0.2) is 0 Å². The molecule has 0 amide bonds. The second kappa shape index (κ2) is 6.78. The summed E-state index contributed by atoms with van der Waals surface area (Å²) in [4.78, 5) is 0. The highest BCUT2D eigenvalue weighted by Gasteiger charge is 1.97. The molecule has 0 unspecified atom stereocenters. The van der Waals surface area contributed by atoms with Crippen LogP contribution in [0.3, 0.4) is 0 Å². The Kier molecular flexibility index (Phi) is 6.55. The van der Waals surface area contributed by atoms with Gasteiger partial charge in [0.05, 0.1) is 12.7 Å². The van der Waals surface area contributed by atoms with Crippen molar-refractivity contribution in [2.24, 2.45) is 0 Å². The van der Waals surface area contributed by atoms with E-state index in [9.17, 15) is 0 Å². The molecular formula is C8H16O2. The second-order valence-electron chi connectivity index (χ2n) is 2.29. The predicted octanol–water partition coefficient (Wildman–Crippen LogP) is 1.09.